The molecule has 1 aliphatic carbocycles. The molecular formula is C20H25BF2O2. The van der Waals surface area contributed by atoms with E-state index in [4.69, 9.17) is 9.31 Å². The molecule has 25 heavy (non-hydrogen) atoms. The highest BCUT2D eigenvalue weighted by Gasteiger charge is 2.53. The van der Waals surface area contributed by atoms with Crippen molar-refractivity contribution in [3.8, 4) is 0 Å². The van der Waals surface area contributed by atoms with Gasteiger partial charge in [0, 0.05) is 5.56 Å². The second kappa shape index (κ2) is 6.69. The molecule has 0 amide bonds. The molecule has 1 aromatic carbocycles. The Morgan fingerprint density at radius 1 is 1.00 bits per heavy atom. The van der Waals surface area contributed by atoms with Crippen LogP contribution in [0.4, 0.5) is 8.78 Å². The van der Waals surface area contributed by atoms with Gasteiger partial charge in [0.15, 0.2) is 0 Å². The first-order chi connectivity index (χ1) is 11.7. The molecule has 0 atom stereocenters. The summed E-state index contributed by atoms with van der Waals surface area (Å²) in [7, 11) is -0.919. The summed E-state index contributed by atoms with van der Waals surface area (Å²) in [6.45, 7) is 7.67. The van der Waals surface area contributed by atoms with Crippen molar-refractivity contribution in [1.82, 2.24) is 0 Å². The van der Waals surface area contributed by atoms with Crippen LogP contribution >= 0.6 is 0 Å². The van der Waals surface area contributed by atoms with E-state index in [0.717, 1.165) is 24.0 Å². The maximum atomic E-state index is 14.8. The van der Waals surface area contributed by atoms with Gasteiger partial charge in [0.25, 0.3) is 0 Å². The SMILES string of the molecule is CC1(C)OB(C(F)=C2CCC(=Cc3ccccc3F)CC2)OC1(C)C. The fraction of sp³-hybridized carbons (Fsp3) is 0.500. The molecule has 0 spiro atoms. The van der Waals surface area contributed by atoms with Crippen LogP contribution in [0.2, 0.25) is 0 Å². The Balaban J connectivity index is 1.70. The van der Waals surface area contributed by atoms with Gasteiger partial charge in [0.1, 0.15) is 11.5 Å². The second-order valence-corrected chi connectivity index (χ2v) is 7.86. The third kappa shape index (κ3) is 3.72. The summed E-state index contributed by atoms with van der Waals surface area (Å²) in [6.07, 6.45) is 4.60. The standard InChI is InChI=1S/C20H25BF2O2/c1-19(2)20(3,4)25-21(24-19)18(23)15-11-9-14(10-12-15)13-16-7-5-6-8-17(16)22/h5-8,13H,9-12H2,1-4H3. The van der Waals surface area contributed by atoms with Crippen molar-refractivity contribution < 1.29 is 18.1 Å². The normalized spacial score (nSPS) is 22.2. The first-order valence-corrected chi connectivity index (χ1v) is 8.87. The largest absolute Gasteiger partial charge is 0.525 e. The van der Waals surface area contributed by atoms with Gasteiger partial charge in [-0.15, -0.1) is 0 Å². The molecule has 3 rings (SSSR count). The Bertz CT molecular complexity index is 694. The lowest BCUT2D eigenvalue weighted by molar-refractivity contribution is 0.00578. The van der Waals surface area contributed by atoms with E-state index in [1.807, 2.05) is 39.8 Å². The third-order valence-electron chi connectivity index (χ3n) is 5.56. The van der Waals surface area contributed by atoms with E-state index >= 15 is 0 Å². The Labute approximate surface area is 149 Å². The molecule has 0 bridgehead atoms. The minimum atomic E-state index is -0.919. The Morgan fingerprint density at radius 3 is 2.12 bits per heavy atom. The molecule has 1 aromatic rings. The van der Waals surface area contributed by atoms with Gasteiger partial charge in [-0.2, -0.15) is 0 Å². The summed E-state index contributed by atoms with van der Waals surface area (Å²) in [5.74, 6) is -0.222. The van der Waals surface area contributed by atoms with Crippen LogP contribution in [0.3, 0.4) is 0 Å². The zero-order chi connectivity index (χ0) is 18.2. The van der Waals surface area contributed by atoms with E-state index in [-0.39, 0.29) is 11.5 Å². The first kappa shape index (κ1) is 18.3. The summed E-state index contributed by atoms with van der Waals surface area (Å²) < 4.78 is 40.2. The Hall–Kier alpha value is -1.46. The highest BCUT2D eigenvalue weighted by atomic mass is 19.1. The van der Waals surface area contributed by atoms with Gasteiger partial charge in [-0.3, -0.25) is 0 Å². The number of hydrogen-bond acceptors (Lipinski definition) is 2. The highest BCUT2D eigenvalue weighted by Crippen LogP contribution is 2.41. The first-order valence-electron chi connectivity index (χ1n) is 8.87. The maximum absolute atomic E-state index is 14.8. The zero-order valence-electron chi connectivity index (χ0n) is 15.4. The molecule has 1 saturated heterocycles. The van der Waals surface area contributed by atoms with Crippen LogP contribution in [0.5, 0.6) is 0 Å². The summed E-state index contributed by atoms with van der Waals surface area (Å²) in [5.41, 5.74) is 1.12. The van der Waals surface area contributed by atoms with Crippen LogP contribution < -0.4 is 0 Å². The average molecular weight is 346 g/mol. The molecule has 5 heteroatoms. The average Bonchev–Trinajstić information content (AvgIpc) is 2.78. The molecule has 1 saturated carbocycles. The molecule has 0 radical (unpaired) electrons. The van der Waals surface area contributed by atoms with Crippen LogP contribution in [-0.2, 0) is 9.31 Å². The van der Waals surface area contributed by atoms with E-state index in [1.165, 1.54) is 6.07 Å². The number of hydrogen-bond donors (Lipinski definition) is 0. The quantitative estimate of drug-likeness (QED) is 0.646. The lowest BCUT2D eigenvalue weighted by Gasteiger charge is -2.32. The van der Waals surface area contributed by atoms with Gasteiger partial charge in [0.2, 0.25) is 0 Å². The molecule has 2 nitrogen and oxygen atoms in total. The maximum Gasteiger partial charge on any atom is 0.525 e. The summed E-state index contributed by atoms with van der Waals surface area (Å²) in [6, 6.07) is 6.72. The van der Waals surface area contributed by atoms with Crippen molar-refractivity contribution in [2.24, 2.45) is 0 Å². The fourth-order valence-electron chi connectivity index (χ4n) is 3.18. The Morgan fingerprint density at radius 2 is 1.56 bits per heavy atom. The van der Waals surface area contributed by atoms with Crippen LogP contribution in [0.25, 0.3) is 6.08 Å². The predicted octanol–water partition coefficient (Wildman–Crippen LogP) is 5.64. The van der Waals surface area contributed by atoms with Gasteiger partial charge in [-0.05, 0) is 65.0 Å². The smallest absolute Gasteiger partial charge is 0.398 e. The topological polar surface area (TPSA) is 18.5 Å². The molecule has 134 valence electrons. The summed E-state index contributed by atoms with van der Waals surface area (Å²) >= 11 is 0. The van der Waals surface area contributed by atoms with E-state index in [2.05, 4.69) is 0 Å². The van der Waals surface area contributed by atoms with Crippen molar-refractivity contribution in [3.05, 3.63) is 52.5 Å². The predicted molar refractivity (Wildman–Crippen MR) is 97.1 cm³/mol. The van der Waals surface area contributed by atoms with Crippen molar-refractivity contribution >= 4 is 13.2 Å². The molecule has 1 heterocycles. The van der Waals surface area contributed by atoms with Crippen molar-refractivity contribution in [1.29, 1.82) is 0 Å². The van der Waals surface area contributed by atoms with Crippen molar-refractivity contribution in [2.75, 3.05) is 0 Å². The zero-order valence-corrected chi connectivity index (χ0v) is 15.4. The van der Waals surface area contributed by atoms with Gasteiger partial charge in [-0.25, -0.2) is 8.78 Å². The molecule has 1 aliphatic heterocycles. The van der Waals surface area contributed by atoms with Gasteiger partial charge in [-0.1, -0.05) is 29.8 Å². The lowest BCUT2D eigenvalue weighted by Crippen LogP contribution is -2.41. The van der Waals surface area contributed by atoms with Crippen LogP contribution in [0, 0.1) is 5.82 Å². The summed E-state index contributed by atoms with van der Waals surface area (Å²) in [5, 5.41) is 0. The summed E-state index contributed by atoms with van der Waals surface area (Å²) in [4.78, 5) is 0. The number of allylic oxidation sites excluding steroid dienone is 2. The molecule has 0 aromatic heterocycles. The third-order valence-corrected chi connectivity index (χ3v) is 5.56. The molecule has 2 aliphatic rings. The number of rotatable bonds is 2. The number of halogens is 2. The van der Waals surface area contributed by atoms with Crippen molar-refractivity contribution in [3.63, 3.8) is 0 Å². The van der Waals surface area contributed by atoms with E-state index in [9.17, 15) is 8.78 Å². The molecule has 0 N–H and O–H groups in total. The monoisotopic (exact) mass is 346 g/mol. The lowest BCUT2D eigenvalue weighted by atomic mass is 9.79. The number of benzene rings is 1. The highest BCUT2D eigenvalue weighted by molar-refractivity contribution is 6.53. The minimum Gasteiger partial charge on any atom is -0.398 e. The van der Waals surface area contributed by atoms with Gasteiger partial charge >= 0.3 is 7.12 Å². The molecular weight excluding hydrogens is 321 g/mol. The van der Waals surface area contributed by atoms with Crippen molar-refractivity contribution in [2.45, 2.75) is 64.6 Å². The van der Waals surface area contributed by atoms with Gasteiger partial charge < -0.3 is 9.31 Å². The molecule has 2 fully saturated rings. The van der Waals surface area contributed by atoms with Crippen LogP contribution in [-0.4, -0.2) is 18.3 Å². The van der Waals surface area contributed by atoms with E-state index in [1.54, 1.807) is 12.1 Å². The minimum absolute atomic E-state index is 0.222. The van der Waals surface area contributed by atoms with E-state index < -0.39 is 18.3 Å². The fourth-order valence-corrected chi connectivity index (χ4v) is 3.18. The Kier molecular flexibility index (Phi) is 4.91. The van der Waals surface area contributed by atoms with Crippen LogP contribution in [0.1, 0.15) is 58.9 Å². The van der Waals surface area contributed by atoms with Crippen LogP contribution in [0.15, 0.2) is 41.1 Å². The van der Waals surface area contributed by atoms with E-state index in [0.29, 0.717) is 18.4 Å². The molecule has 0 unspecified atom stereocenters. The van der Waals surface area contributed by atoms with Gasteiger partial charge in [0.05, 0.1) is 11.2 Å². The second-order valence-electron chi connectivity index (χ2n) is 7.86.